The van der Waals surface area contributed by atoms with E-state index in [1.54, 1.807) is 0 Å². The summed E-state index contributed by atoms with van der Waals surface area (Å²) in [5, 5.41) is 11.0. The van der Waals surface area contributed by atoms with Crippen LogP contribution < -0.4 is 0 Å². The highest BCUT2D eigenvalue weighted by Crippen LogP contribution is 2.48. The van der Waals surface area contributed by atoms with Crippen LogP contribution in [0.5, 0.6) is 5.75 Å². The van der Waals surface area contributed by atoms with E-state index in [1.165, 1.54) is 22.3 Å². The Morgan fingerprint density at radius 2 is 1.12 bits per heavy atom. The second-order valence-electron chi connectivity index (χ2n) is 10.2. The van der Waals surface area contributed by atoms with Crippen molar-refractivity contribution in [3.05, 3.63) is 53.1 Å². The molecule has 0 aliphatic heterocycles. The molecule has 0 aromatic heterocycles. The standard InChI is InChI=1S/C24H34O/c1-22(2,3)17-15-18(25)20(23(4,5)6)21(24(7,8)9)19(17)16-13-11-10-12-14-16/h10-15,25H,1-9H3. The molecule has 2 aromatic rings. The molecule has 0 amide bonds. The Labute approximate surface area is 154 Å². The van der Waals surface area contributed by atoms with Crippen LogP contribution in [-0.4, -0.2) is 5.11 Å². The summed E-state index contributed by atoms with van der Waals surface area (Å²) in [5.41, 5.74) is 5.77. The van der Waals surface area contributed by atoms with Gasteiger partial charge in [-0.05, 0) is 44.6 Å². The number of phenols is 1. The normalized spacial score (nSPS) is 13.2. The monoisotopic (exact) mass is 338 g/mol. The highest BCUT2D eigenvalue weighted by molar-refractivity contribution is 5.77. The van der Waals surface area contributed by atoms with E-state index in [0.29, 0.717) is 5.75 Å². The van der Waals surface area contributed by atoms with Crippen LogP contribution in [0.2, 0.25) is 0 Å². The first kappa shape index (κ1) is 19.6. The summed E-state index contributed by atoms with van der Waals surface area (Å²) >= 11 is 0. The number of benzene rings is 2. The molecule has 0 atom stereocenters. The molecule has 136 valence electrons. The molecule has 0 heterocycles. The average molecular weight is 339 g/mol. The minimum atomic E-state index is -0.132. The second-order valence-corrected chi connectivity index (χ2v) is 10.2. The SMILES string of the molecule is CC(C)(C)c1cc(O)c(C(C)(C)C)c(C(C)(C)C)c1-c1ccccc1. The van der Waals surface area contributed by atoms with Crippen molar-refractivity contribution in [3.63, 3.8) is 0 Å². The van der Waals surface area contributed by atoms with Gasteiger partial charge in [0.25, 0.3) is 0 Å². The number of rotatable bonds is 1. The maximum Gasteiger partial charge on any atom is 0.119 e. The Morgan fingerprint density at radius 3 is 1.52 bits per heavy atom. The summed E-state index contributed by atoms with van der Waals surface area (Å²) in [6.45, 7) is 19.9. The molecule has 0 fully saturated rings. The Morgan fingerprint density at radius 1 is 0.640 bits per heavy atom. The molecule has 0 aliphatic carbocycles. The van der Waals surface area contributed by atoms with E-state index in [0.717, 1.165) is 5.56 Å². The minimum absolute atomic E-state index is 0.0565. The molecular formula is C24H34O. The molecule has 25 heavy (non-hydrogen) atoms. The van der Waals surface area contributed by atoms with E-state index >= 15 is 0 Å². The Hall–Kier alpha value is -1.76. The van der Waals surface area contributed by atoms with Gasteiger partial charge in [0, 0.05) is 5.56 Å². The fourth-order valence-corrected chi connectivity index (χ4v) is 3.67. The van der Waals surface area contributed by atoms with Crippen molar-refractivity contribution in [2.75, 3.05) is 0 Å². The third-order valence-corrected chi connectivity index (χ3v) is 4.68. The van der Waals surface area contributed by atoms with Crippen molar-refractivity contribution in [3.8, 4) is 16.9 Å². The highest BCUT2D eigenvalue weighted by atomic mass is 16.3. The van der Waals surface area contributed by atoms with E-state index in [4.69, 9.17) is 0 Å². The van der Waals surface area contributed by atoms with E-state index in [-0.39, 0.29) is 16.2 Å². The molecule has 0 radical (unpaired) electrons. The fraction of sp³-hybridized carbons (Fsp3) is 0.500. The zero-order chi connectivity index (χ0) is 19.2. The van der Waals surface area contributed by atoms with Gasteiger partial charge in [-0.1, -0.05) is 92.6 Å². The lowest BCUT2D eigenvalue weighted by Gasteiger charge is -2.37. The van der Waals surface area contributed by atoms with Crippen LogP contribution >= 0.6 is 0 Å². The summed E-state index contributed by atoms with van der Waals surface area (Å²) in [7, 11) is 0. The Kier molecular flexibility index (Phi) is 4.85. The van der Waals surface area contributed by atoms with E-state index in [9.17, 15) is 5.11 Å². The number of hydrogen-bond acceptors (Lipinski definition) is 1. The van der Waals surface area contributed by atoms with Crippen LogP contribution in [0.25, 0.3) is 11.1 Å². The van der Waals surface area contributed by atoms with Gasteiger partial charge in [-0.3, -0.25) is 0 Å². The van der Waals surface area contributed by atoms with Crippen LogP contribution in [0.4, 0.5) is 0 Å². The predicted octanol–water partition coefficient (Wildman–Crippen LogP) is 6.95. The van der Waals surface area contributed by atoms with Gasteiger partial charge in [-0.25, -0.2) is 0 Å². The number of aromatic hydroxyl groups is 1. The number of hydrogen-bond donors (Lipinski definition) is 1. The summed E-state index contributed by atoms with van der Waals surface area (Å²) in [4.78, 5) is 0. The van der Waals surface area contributed by atoms with Crippen molar-refractivity contribution in [2.45, 2.75) is 78.6 Å². The van der Waals surface area contributed by atoms with Crippen molar-refractivity contribution in [1.82, 2.24) is 0 Å². The van der Waals surface area contributed by atoms with E-state index in [1.807, 2.05) is 6.07 Å². The van der Waals surface area contributed by atoms with Gasteiger partial charge in [0.05, 0.1) is 0 Å². The molecule has 0 bridgehead atoms. The maximum atomic E-state index is 11.0. The quantitative estimate of drug-likeness (QED) is 0.596. The molecule has 0 unspecified atom stereocenters. The predicted molar refractivity (Wildman–Crippen MR) is 110 cm³/mol. The molecule has 0 spiro atoms. The third-order valence-electron chi connectivity index (χ3n) is 4.68. The van der Waals surface area contributed by atoms with Crippen LogP contribution in [0, 0.1) is 0 Å². The first-order valence-electron chi connectivity index (χ1n) is 9.21. The molecular weight excluding hydrogens is 304 g/mol. The lowest BCUT2D eigenvalue weighted by atomic mass is 9.68. The second kappa shape index (κ2) is 6.20. The first-order chi connectivity index (χ1) is 11.2. The zero-order valence-corrected chi connectivity index (χ0v) is 17.4. The van der Waals surface area contributed by atoms with Gasteiger partial charge in [-0.2, -0.15) is 0 Å². The molecule has 2 aromatic carbocycles. The molecule has 1 nitrogen and oxygen atoms in total. The summed E-state index contributed by atoms with van der Waals surface area (Å²) < 4.78 is 0. The smallest absolute Gasteiger partial charge is 0.119 e. The lowest BCUT2D eigenvalue weighted by Crippen LogP contribution is -2.26. The first-order valence-corrected chi connectivity index (χ1v) is 9.21. The summed E-state index contributed by atoms with van der Waals surface area (Å²) in [6.07, 6.45) is 0. The minimum Gasteiger partial charge on any atom is -0.508 e. The van der Waals surface area contributed by atoms with Crippen molar-refractivity contribution in [1.29, 1.82) is 0 Å². The van der Waals surface area contributed by atoms with Gasteiger partial charge in [0.15, 0.2) is 0 Å². The summed E-state index contributed by atoms with van der Waals surface area (Å²) in [5.74, 6) is 0.419. The molecule has 0 aliphatic rings. The van der Waals surface area contributed by atoms with Gasteiger partial charge in [-0.15, -0.1) is 0 Å². The third kappa shape index (κ3) is 3.92. The molecule has 0 saturated heterocycles. The lowest BCUT2D eigenvalue weighted by molar-refractivity contribution is 0.432. The van der Waals surface area contributed by atoms with Crippen LogP contribution in [0.1, 0.15) is 79.0 Å². The average Bonchev–Trinajstić information content (AvgIpc) is 2.43. The largest absolute Gasteiger partial charge is 0.508 e. The molecule has 0 saturated carbocycles. The maximum absolute atomic E-state index is 11.0. The fourth-order valence-electron chi connectivity index (χ4n) is 3.67. The van der Waals surface area contributed by atoms with Crippen LogP contribution in [0.15, 0.2) is 36.4 Å². The Bertz CT molecular complexity index is 748. The van der Waals surface area contributed by atoms with Crippen molar-refractivity contribution < 1.29 is 5.11 Å². The van der Waals surface area contributed by atoms with E-state index < -0.39 is 0 Å². The van der Waals surface area contributed by atoms with Crippen molar-refractivity contribution in [2.24, 2.45) is 0 Å². The van der Waals surface area contributed by atoms with Crippen LogP contribution in [0.3, 0.4) is 0 Å². The van der Waals surface area contributed by atoms with Crippen molar-refractivity contribution >= 4 is 0 Å². The van der Waals surface area contributed by atoms with Gasteiger partial charge >= 0.3 is 0 Å². The topological polar surface area (TPSA) is 20.2 Å². The highest BCUT2D eigenvalue weighted by Gasteiger charge is 2.34. The van der Waals surface area contributed by atoms with Gasteiger partial charge < -0.3 is 5.11 Å². The van der Waals surface area contributed by atoms with E-state index in [2.05, 4.69) is 92.6 Å². The number of phenolic OH excluding ortho intramolecular Hbond substituents is 1. The molecule has 1 heteroatoms. The molecule has 1 N–H and O–H groups in total. The van der Waals surface area contributed by atoms with Crippen LogP contribution in [-0.2, 0) is 16.2 Å². The Balaban J connectivity index is 3.09. The zero-order valence-electron chi connectivity index (χ0n) is 17.4. The van der Waals surface area contributed by atoms with Gasteiger partial charge in [0.1, 0.15) is 5.75 Å². The summed E-state index contributed by atoms with van der Waals surface area (Å²) in [6, 6.07) is 12.6. The van der Waals surface area contributed by atoms with Gasteiger partial charge in [0.2, 0.25) is 0 Å². The molecule has 2 rings (SSSR count).